The van der Waals surface area contributed by atoms with Gasteiger partial charge in [0.25, 0.3) is 0 Å². The van der Waals surface area contributed by atoms with Gasteiger partial charge in [-0.3, -0.25) is 4.79 Å². The van der Waals surface area contributed by atoms with Crippen LogP contribution in [0.5, 0.6) is 0 Å². The average Bonchev–Trinajstić information content (AvgIpc) is 2.49. The highest BCUT2D eigenvalue weighted by atomic mass is 19.1. The highest BCUT2D eigenvalue weighted by Gasteiger charge is 2.15. The average molecular weight is 286 g/mol. The van der Waals surface area contributed by atoms with Gasteiger partial charge in [-0.2, -0.15) is 0 Å². The topological polar surface area (TPSA) is 17.1 Å². The molecule has 1 aliphatic carbocycles. The molecule has 2 aromatic rings. The number of halogens is 2. The lowest BCUT2D eigenvalue weighted by molar-refractivity contribution is 0.0991. The van der Waals surface area contributed by atoms with Crippen molar-refractivity contribution in [2.75, 3.05) is 0 Å². The Kier molecular flexibility index (Phi) is 3.82. The van der Waals surface area contributed by atoms with E-state index in [9.17, 15) is 13.6 Å². The molecule has 1 nitrogen and oxygen atoms in total. The van der Waals surface area contributed by atoms with E-state index in [1.165, 1.54) is 29.7 Å². The van der Waals surface area contributed by atoms with Crippen molar-refractivity contribution in [3.05, 3.63) is 70.3 Å². The van der Waals surface area contributed by atoms with Gasteiger partial charge in [0.15, 0.2) is 5.78 Å². The first-order valence-electron chi connectivity index (χ1n) is 7.22. The lowest BCUT2D eigenvalue weighted by Gasteiger charge is -2.16. The van der Waals surface area contributed by atoms with Crippen molar-refractivity contribution in [3.63, 3.8) is 0 Å². The quantitative estimate of drug-likeness (QED) is 0.770. The Labute approximate surface area is 122 Å². The summed E-state index contributed by atoms with van der Waals surface area (Å²) in [6, 6.07) is 9.07. The van der Waals surface area contributed by atoms with Gasteiger partial charge in [-0.25, -0.2) is 8.78 Å². The zero-order valence-corrected chi connectivity index (χ0v) is 11.7. The van der Waals surface area contributed by atoms with Crippen LogP contribution in [-0.2, 0) is 19.3 Å². The van der Waals surface area contributed by atoms with Crippen LogP contribution in [-0.4, -0.2) is 5.78 Å². The van der Waals surface area contributed by atoms with Crippen LogP contribution in [0.2, 0.25) is 0 Å². The van der Waals surface area contributed by atoms with Crippen LogP contribution in [0.3, 0.4) is 0 Å². The van der Waals surface area contributed by atoms with Gasteiger partial charge in [-0.15, -0.1) is 0 Å². The molecule has 0 unspecified atom stereocenters. The highest BCUT2D eigenvalue weighted by molar-refractivity contribution is 5.97. The summed E-state index contributed by atoms with van der Waals surface area (Å²) in [4.78, 5) is 12.3. The van der Waals surface area contributed by atoms with Crippen molar-refractivity contribution < 1.29 is 13.6 Å². The fourth-order valence-corrected chi connectivity index (χ4v) is 2.85. The third-order valence-corrected chi connectivity index (χ3v) is 4.04. The van der Waals surface area contributed by atoms with Crippen LogP contribution in [0.1, 0.15) is 39.9 Å². The van der Waals surface area contributed by atoms with E-state index >= 15 is 0 Å². The summed E-state index contributed by atoms with van der Waals surface area (Å²) in [6.45, 7) is 0. The van der Waals surface area contributed by atoms with Crippen molar-refractivity contribution in [1.29, 1.82) is 0 Å². The molecular formula is C18H16F2O. The van der Waals surface area contributed by atoms with E-state index in [1.807, 2.05) is 18.2 Å². The Morgan fingerprint density at radius 3 is 2.48 bits per heavy atom. The van der Waals surface area contributed by atoms with Crippen molar-refractivity contribution in [2.24, 2.45) is 0 Å². The van der Waals surface area contributed by atoms with Crippen LogP contribution < -0.4 is 0 Å². The molecule has 0 N–H and O–H groups in total. The molecule has 0 radical (unpaired) electrons. The largest absolute Gasteiger partial charge is 0.294 e. The molecule has 3 rings (SSSR count). The van der Waals surface area contributed by atoms with E-state index in [1.54, 1.807) is 0 Å². The second-order valence-corrected chi connectivity index (χ2v) is 5.53. The molecule has 0 fully saturated rings. The van der Waals surface area contributed by atoms with Crippen LogP contribution in [0.4, 0.5) is 8.78 Å². The van der Waals surface area contributed by atoms with Gasteiger partial charge in [0.05, 0.1) is 0 Å². The van der Waals surface area contributed by atoms with Gasteiger partial charge < -0.3 is 0 Å². The van der Waals surface area contributed by atoms with E-state index in [2.05, 4.69) is 0 Å². The monoisotopic (exact) mass is 286 g/mol. The Bertz CT molecular complexity index is 692. The first kappa shape index (κ1) is 13.9. The van der Waals surface area contributed by atoms with Crippen molar-refractivity contribution in [3.8, 4) is 0 Å². The first-order valence-corrected chi connectivity index (χ1v) is 7.22. The van der Waals surface area contributed by atoms with Crippen molar-refractivity contribution in [2.45, 2.75) is 32.1 Å². The molecule has 108 valence electrons. The lowest BCUT2D eigenvalue weighted by Crippen LogP contribution is -2.09. The van der Waals surface area contributed by atoms with Crippen LogP contribution >= 0.6 is 0 Å². The predicted octanol–water partition coefficient (Wildman–Crippen LogP) is 4.27. The summed E-state index contributed by atoms with van der Waals surface area (Å²) in [5.41, 5.74) is 3.39. The molecule has 2 aromatic carbocycles. The molecular weight excluding hydrogens is 270 g/mol. The molecule has 0 bridgehead atoms. The maximum atomic E-state index is 13.6. The second kappa shape index (κ2) is 5.76. The maximum Gasteiger partial charge on any atom is 0.167 e. The number of hydrogen-bond donors (Lipinski definition) is 0. The minimum absolute atomic E-state index is 0.0368. The lowest BCUT2D eigenvalue weighted by atomic mass is 9.89. The van der Waals surface area contributed by atoms with Gasteiger partial charge in [0.1, 0.15) is 11.6 Å². The fraction of sp³-hybridized carbons (Fsp3) is 0.278. The number of hydrogen-bond acceptors (Lipinski definition) is 1. The SMILES string of the molecule is O=C(Cc1ccc(F)cc1F)c1ccc2c(c1)CCCC2. The number of ketones is 1. The normalized spacial score (nSPS) is 13.8. The zero-order chi connectivity index (χ0) is 14.8. The number of carbonyl (C=O) groups excluding carboxylic acids is 1. The first-order chi connectivity index (χ1) is 10.1. The standard InChI is InChI=1S/C18H16F2O/c19-16-8-7-14(17(20)11-16)10-18(21)15-6-5-12-3-1-2-4-13(12)9-15/h5-9,11H,1-4,10H2. The van der Waals surface area contributed by atoms with Crippen molar-refractivity contribution in [1.82, 2.24) is 0 Å². The van der Waals surface area contributed by atoms with E-state index in [4.69, 9.17) is 0 Å². The van der Waals surface area contributed by atoms with Gasteiger partial charge >= 0.3 is 0 Å². The minimum atomic E-state index is -0.665. The van der Waals surface area contributed by atoms with Gasteiger partial charge in [0, 0.05) is 18.1 Å². The molecule has 1 aliphatic rings. The maximum absolute atomic E-state index is 13.6. The smallest absolute Gasteiger partial charge is 0.167 e. The van der Waals surface area contributed by atoms with Crippen LogP contribution in [0.15, 0.2) is 36.4 Å². The molecule has 0 atom stereocenters. The van der Waals surface area contributed by atoms with E-state index in [0.29, 0.717) is 5.56 Å². The number of aryl methyl sites for hydroxylation is 2. The molecule has 0 saturated heterocycles. The molecule has 3 heteroatoms. The minimum Gasteiger partial charge on any atom is -0.294 e. The third kappa shape index (κ3) is 3.02. The summed E-state index contributed by atoms with van der Waals surface area (Å²) in [5, 5.41) is 0. The van der Waals surface area contributed by atoms with Gasteiger partial charge in [-0.05, 0) is 54.5 Å². The summed E-state index contributed by atoms with van der Waals surface area (Å²) in [6.07, 6.45) is 4.38. The molecule has 0 heterocycles. The molecule has 0 spiro atoms. The summed E-state index contributed by atoms with van der Waals surface area (Å²) in [5.74, 6) is -1.42. The second-order valence-electron chi connectivity index (χ2n) is 5.53. The third-order valence-electron chi connectivity index (χ3n) is 4.04. The molecule has 0 aliphatic heterocycles. The molecule has 21 heavy (non-hydrogen) atoms. The number of fused-ring (bicyclic) bond motifs is 1. The number of carbonyl (C=O) groups is 1. The Hall–Kier alpha value is -2.03. The Morgan fingerprint density at radius 1 is 0.952 bits per heavy atom. The van der Waals surface area contributed by atoms with Crippen LogP contribution in [0.25, 0.3) is 0 Å². The number of Topliss-reactive ketones (excluding diaryl/α,β-unsaturated/α-hetero) is 1. The van der Waals surface area contributed by atoms with E-state index < -0.39 is 11.6 Å². The molecule has 0 aromatic heterocycles. The summed E-state index contributed by atoms with van der Waals surface area (Å²) < 4.78 is 26.5. The van der Waals surface area contributed by atoms with Crippen LogP contribution in [0, 0.1) is 11.6 Å². The predicted molar refractivity (Wildman–Crippen MR) is 77.5 cm³/mol. The Morgan fingerprint density at radius 2 is 1.71 bits per heavy atom. The van der Waals surface area contributed by atoms with Gasteiger partial charge in [-0.1, -0.05) is 18.2 Å². The highest BCUT2D eigenvalue weighted by Crippen LogP contribution is 2.23. The van der Waals surface area contributed by atoms with Crippen molar-refractivity contribution >= 4 is 5.78 Å². The fourth-order valence-electron chi connectivity index (χ4n) is 2.85. The van der Waals surface area contributed by atoms with E-state index in [0.717, 1.165) is 25.3 Å². The molecule has 0 saturated carbocycles. The Balaban J connectivity index is 1.82. The van der Waals surface area contributed by atoms with E-state index in [-0.39, 0.29) is 17.8 Å². The van der Waals surface area contributed by atoms with Gasteiger partial charge in [0.2, 0.25) is 0 Å². The zero-order valence-electron chi connectivity index (χ0n) is 11.7. The number of benzene rings is 2. The molecule has 0 amide bonds. The number of rotatable bonds is 3. The summed E-state index contributed by atoms with van der Waals surface area (Å²) >= 11 is 0. The summed E-state index contributed by atoms with van der Waals surface area (Å²) in [7, 11) is 0.